The van der Waals surface area contributed by atoms with Crippen LogP contribution in [0.1, 0.15) is 22.2 Å². The summed E-state index contributed by atoms with van der Waals surface area (Å²) >= 11 is 1.57. The minimum absolute atomic E-state index is 0.0447. The summed E-state index contributed by atoms with van der Waals surface area (Å²) in [7, 11) is 0. The highest BCUT2D eigenvalue weighted by atomic mass is 32.1. The van der Waals surface area contributed by atoms with Crippen molar-refractivity contribution in [3.05, 3.63) is 51.7 Å². The normalized spacial score (nSPS) is 18.5. The van der Waals surface area contributed by atoms with Gasteiger partial charge >= 0.3 is 0 Å². The summed E-state index contributed by atoms with van der Waals surface area (Å²) in [6.07, 6.45) is 1.70. The van der Waals surface area contributed by atoms with Crippen molar-refractivity contribution in [1.29, 1.82) is 0 Å². The number of nitrogens with one attached hydrogen (secondary N) is 1. The Balaban J connectivity index is 1.48. The highest BCUT2D eigenvalue weighted by Gasteiger charge is 2.24. The van der Waals surface area contributed by atoms with Crippen LogP contribution in [0.5, 0.6) is 0 Å². The third-order valence-electron chi connectivity index (χ3n) is 3.96. The molecule has 128 valence electrons. The molecule has 1 aliphatic heterocycles. The van der Waals surface area contributed by atoms with Crippen LogP contribution in [-0.4, -0.2) is 42.0 Å². The molecular formula is C17H20FN3O2S. The molecule has 1 aromatic carbocycles. The molecule has 1 atom stereocenters. The monoisotopic (exact) mass is 349 g/mol. The van der Waals surface area contributed by atoms with Crippen molar-refractivity contribution >= 4 is 17.2 Å². The minimum Gasteiger partial charge on any atom is -0.368 e. The van der Waals surface area contributed by atoms with E-state index in [0.29, 0.717) is 31.8 Å². The van der Waals surface area contributed by atoms with Gasteiger partial charge in [-0.15, -0.1) is 11.3 Å². The van der Waals surface area contributed by atoms with Crippen LogP contribution in [-0.2, 0) is 16.1 Å². The quantitative estimate of drug-likeness (QED) is 0.900. The van der Waals surface area contributed by atoms with Crippen LogP contribution < -0.4 is 5.32 Å². The third kappa shape index (κ3) is 4.37. The molecule has 1 N–H and O–H groups in total. The van der Waals surface area contributed by atoms with E-state index >= 15 is 0 Å². The first kappa shape index (κ1) is 17.0. The molecule has 0 spiro atoms. The van der Waals surface area contributed by atoms with Gasteiger partial charge in [0.25, 0.3) is 0 Å². The number of aromatic nitrogens is 1. The molecule has 0 unspecified atom stereocenters. The number of thiazole rings is 1. The fourth-order valence-electron chi connectivity index (χ4n) is 2.67. The van der Waals surface area contributed by atoms with Gasteiger partial charge in [-0.2, -0.15) is 0 Å². The molecule has 5 nitrogen and oxygen atoms in total. The maximum Gasteiger partial charge on any atom is 0.234 e. The Bertz CT molecular complexity index is 693. The van der Waals surface area contributed by atoms with Gasteiger partial charge in [0.05, 0.1) is 13.2 Å². The standard InChI is InChI=1S/C17H20FN3O2S/c1-12-8-13(2-3-14(12)18)9-20-16(22)11-21-5-6-23-15(10-21)17-19-4-7-24-17/h2-4,7-8,15H,5-6,9-11H2,1H3,(H,20,22)/t15-/m1/s1. The Morgan fingerprint density at radius 1 is 1.54 bits per heavy atom. The number of rotatable bonds is 5. The van der Waals surface area contributed by atoms with Crippen molar-refractivity contribution in [2.45, 2.75) is 19.6 Å². The van der Waals surface area contributed by atoms with Crippen LogP contribution in [0.4, 0.5) is 4.39 Å². The molecule has 1 amide bonds. The van der Waals surface area contributed by atoms with Crippen molar-refractivity contribution in [1.82, 2.24) is 15.2 Å². The second-order valence-electron chi connectivity index (χ2n) is 5.83. The summed E-state index contributed by atoms with van der Waals surface area (Å²) in [5.41, 5.74) is 1.48. The van der Waals surface area contributed by atoms with Crippen molar-refractivity contribution in [3.63, 3.8) is 0 Å². The van der Waals surface area contributed by atoms with E-state index in [4.69, 9.17) is 4.74 Å². The predicted octanol–water partition coefficient (Wildman–Crippen LogP) is 2.28. The number of carbonyl (C=O) groups is 1. The van der Waals surface area contributed by atoms with Gasteiger partial charge in [0.1, 0.15) is 16.9 Å². The number of hydrogen-bond donors (Lipinski definition) is 1. The van der Waals surface area contributed by atoms with Crippen LogP contribution in [0.3, 0.4) is 0 Å². The Hall–Kier alpha value is -1.83. The second kappa shape index (κ2) is 7.83. The number of hydrogen-bond acceptors (Lipinski definition) is 5. The van der Waals surface area contributed by atoms with Crippen molar-refractivity contribution in [2.75, 3.05) is 26.2 Å². The van der Waals surface area contributed by atoms with Gasteiger partial charge in [0.15, 0.2) is 0 Å². The fraction of sp³-hybridized carbons (Fsp3) is 0.412. The molecular weight excluding hydrogens is 329 g/mol. The molecule has 1 fully saturated rings. The van der Waals surface area contributed by atoms with Crippen molar-refractivity contribution < 1.29 is 13.9 Å². The SMILES string of the molecule is Cc1cc(CNC(=O)CN2CCO[C@@H](c3nccs3)C2)ccc1F. The fourth-order valence-corrected chi connectivity index (χ4v) is 3.34. The second-order valence-corrected chi connectivity index (χ2v) is 6.75. The summed E-state index contributed by atoms with van der Waals surface area (Å²) in [5, 5.41) is 5.76. The number of halogens is 1. The average Bonchev–Trinajstić information content (AvgIpc) is 3.11. The molecule has 1 aromatic heterocycles. The van der Waals surface area contributed by atoms with E-state index in [2.05, 4.69) is 15.2 Å². The zero-order valence-electron chi connectivity index (χ0n) is 13.5. The smallest absolute Gasteiger partial charge is 0.234 e. The van der Waals surface area contributed by atoms with E-state index < -0.39 is 0 Å². The van der Waals surface area contributed by atoms with Gasteiger partial charge in [-0.05, 0) is 24.1 Å². The Morgan fingerprint density at radius 3 is 3.17 bits per heavy atom. The van der Waals surface area contributed by atoms with Gasteiger partial charge < -0.3 is 10.1 Å². The van der Waals surface area contributed by atoms with Crippen LogP contribution >= 0.6 is 11.3 Å². The van der Waals surface area contributed by atoms with E-state index in [-0.39, 0.29) is 17.8 Å². The van der Waals surface area contributed by atoms with Gasteiger partial charge in [-0.3, -0.25) is 9.69 Å². The first-order chi connectivity index (χ1) is 11.6. The number of morpholine rings is 1. The first-order valence-corrected chi connectivity index (χ1v) is 8.75. The number of ether oxygens (including phenoxy) is 1. The number of benzene rings is 1. The zero-order chi connectivity index (χ0) is 16.9. The van der Waals surface area contributed by atoms with Crippen LogP contribution in [0.25, 0.3) is 0 Å². The number of amides is 1. The lowest BCUT2D eigenvalue weighted by molar-refractivity contribution is -0.124. The molecule has 1 saturated heterocycles. The van der Waals surface area contributed by atoms with Crippen molar-refractivity contribution in [2.24, 2.45) is 0 Å². The lowest BCUT2D eigenvalue weighted by atomic mass is 10.1. The van der Waals surface area contributed by atoms with Gasteiger partial charge in [-0.25, -0.2) is 9.37 Å². The van der Waals surface area contributed by atoms with E-state index in [1.807, 2.05) is 5.38 Å². The Kier molecular flexibility index (Phi) is 5.55. The topological polar surface area (TPSA) is 54.5 Å². The largest absolute Gasteiger partial charge is 0.368 e. The Labute approximate surface area is 144 Å². The van der Waals surface area contributed by atoms with Crippen LogP contribution in [0.2, 0.25) is 0 Å². The molecule has 24 heavy (non-hydrogen) atoms. The molecule has 0 bridgehead atoms. The summed E-state index contributed by atoms with van der Waals surface area (Å²) in [6.45, 7) is 4.43. The molecule has 3 rings (SSSR count). The molecule has 0 aliphatic carbocycles. The summed E-state index contributed by atoms with van der Waals surface area (Å²) < 4.78 is 19.0. The Morgan fingerprint density at radius 2 is 2.42 bits per heavy atom. The molecule has 2 aromatic rings. The number of carbonyl (C=O) groups excluding carboxylic acids is 1. The predicted molar refractivity (Wildman–Crippen MR) is 90.2 cm³/mol. The van der Waals surface area contributed by atoms with E-state index in [1.54, 1.807) is 36.6 Å². The highest BCUT2D eigenvalue weighted by Crippen LogP contribution is 2.23. The molecule has 1 aliphatic rings. The molecule has 0 radical (unpaired) electrons. The number of nitrogens with zero attached hydrogens (tertiary/aromatic N) is 2. The van der Waals surface area contributed by atoms with E-state index in [9.17, 15) is 9.18 Å². The van der Waals surface area contributed by atoms with Crippen LogP contribution in [0, 0.1) is 12.7 Å². The summed E-state index contributed by atoms with van der Waals surface area (Å²) in [5.74, 6) is -0.275. The lowest BCUT2D eigenvalue weighted by Crippen LogP contribution is -2.44. The van der Waals surface area contributed by atoms with E-state index in [0.717, 1.165) is 17.1 Å². The van der Waals surface area contributed by atoms with Crippen molar-refractivity contribution in [3.8, 4) is 0 Å². The maximum atomic E-state index is 13.2. The lowest BCUT2D eigenvalue weighted by Gasteiger charge is -2.31. The first-order valence-electron chi connectivity index (χ1n) is 7.87. The zero-order valence-corrected chi connectivity index (χ0v) is 14.3. The highest BCUT2D eigenvalue weighted by molar-refractivity contribution is 7.09. The van der Waals surface area contributed by atoms with Crippen LogP contribution in [0.15, 0.2) is 29.8 Å². The summed E-state index contributed by atoms with van der Waals surface area (Å²) in [4.78, 5) is 18.5. The van der Waals surface area contributed by atoms with E-state index in [1.165, 1.54) is 6.07 Å². The molecule has 2 heterocycles. The molecule has 7 heteroatoms. The summed E-state index contributed by atoms with van der Waals surface area (Å²) in [6, 6.07) is 4.87. The minimum atomic E-state index is -0.230. The maximum absolute atomic E-state index is 13.2. The van der Waals surface area contributed by atoms with Gasteiger partial charge in [0.2, 0.25) is 5.91 Å². The molecule has 0 saturated carbocycles. The average molecular weight is 349 g/mol. The third-order valence-corrected chi connectivity index (χ3v) is 4.82. The van der Waals surface area contributed by atoms with Gasteiger partial charge in [0, 0.05) is 31.2 Å². The number of aryl methyl sites for hydroxylation is 1. The van der Waals surface area contributed by atoms with Gasteiger partial charge in [-0.1, -0.05) is 12.1 Å².